The van der Waals surface area contributed by atoms with Crippen molar-refractivity contribution in [2.75, 3.05) is 25.0 Å². The van der Waals surface area contributed by atoms with Crippen LogP contribution in [0.2, 0.25) is 0 Å². The van der Waals surface area contributed by atoms with Crippen LogP contribution in [0.5, 0.6) is 0 Å². The van der Waals surface area contributed by atoms with Crippen LogP contribution in [0.3, 0.4) is 0 Å². The molecule has 0 bridgehead atoms. The Morgan fingerprint density at radius 2 is 1.76 bits per heavy atom. The van der Waals surface area contributed by atoms with Crippen molar-refractivity contribution in [2.45, 2.75) is 38.1 Å². The third-order valence-electron chi connectivity index (χ3n) is 6.21. The van der Waals surface area contributed by atoms with Crippen LogP contribution in [-0.2, 0) is 22.4 Å². The van der Waals surface area contributed by atoms with Crippen molar-refractivity contribution in [3.05, 3.63) is 65.7 Å². The summed E-state index contributed by atoms with van der Waals surface area (Å²) in [5, 5.41) is 6.16. The van der Waals surface area contributed by atoms with Gasteiger partial charge in [0.1, 0.15) is 5.54 Å². The van der Waals surface area contributed by atoms with Gasteiger partial charge in [0.15, 0.2) is 0 Å². The molecule has 5 nitrogen and oxygen atoms in total. The van der Waals surface area contributed by atoms with Crippen molar-refractivity contribution in [1.82, 2.24) is 10.2 Å². The Labute approximate surface area is 172 Å². The van der Waals surface area contributed by atoms with Crippen molar-refractivity contribution in [2.24, 2.45) is 5.92 Å². The zero-order chi connectivity index (χ0) is 20.3. The Hall–Kier alpha value is -2.82. The quantitative estimate of drug-likeness (QED) is 0.824. The molecule has 0 spiro atoms. The fourth-order valence-corrected chi connectivity index (χ4v) is 4.45. The molecule has 0 radical (unpaired) electrons. The molecule has 1 fully saturated rings. The van der Waals surface area contributed by atoms with Gasteiger partial charge in [0.05, 0.1) is 6.54 Å². The molecule has 2 N–H and O–H groups in total. The summed E-state index contributed by atoms with van der Waals surface area (Å²) in [7, 11) is 0. The summed E-state index contributed by atoms with van der Waals surface area (Å²) in [5.41, 5.74) is 2.80. The van der Waals surface area contributed by atoms with Crippen LogP contribution < -0.4 is 10.6 Å². The second-order valence-corrected chi connectivity index (χ2v) is 8.49. The van der Waals surface area contributed by atoms with E-state index >= 15 is 0 Å². The lowest BCUT2D eigenvalue weighted by Crippen LogP contribution is -2.52. The number of fused-ring (bicyclic) bond motifs is 1. The molecule has 2 aliphatic rings. The number of nitrogens with zero attached hydrogens (tertiary/aromatic N) is 1. The summed E-state index contributed by atoms with van der Waals surface area (Å²) >= 11 is 0. The highest BCUT2D eigenvalue weighted by atomic mass is 16.2. The maximum Gasteiger partial charge on any atom is 0.246 e. The standard InChI is InChI=1S/C24H29N3O2/c1-24(16-20-9-5-6-10-21(20)26-24)23(29)25-17-22(28)27-13-11-19(12-14-27)15-18-7-3-2-4-8-18/h2-10,19,26H,11-17H2,1H3,(H,25,29). The van der Waals surface area contributed by atoms with E-state index in [1.54, 1.807) is 0 Å². The first-order valence-corrected chi connectivity index (χ1v) is 10.5. The van der Waals surface area contributed by atoms with E-state index in [0.717, 1.165) is 43.6 Å². The molecule has 2 aliphatic heterocycles. The van der Waals surface area contributed by atoms with Gasteiger partial charge >= 0.3 is 0 Å². The van der Waals surface area contributed by atoms with E-state index in [2.05, 4.69) is 34.9 Å². The smallest absolute Gasteiger partial charge is 0.246 e. The van der Waals surface area contributed by atoms with Crippen molar-refractivity contribution < 1.29 is 9.59 Å². The Bertz CT molecular complexity index is 848. The van der Waals surface area contributed by atoms with E-state index in [4.69, 9.17) is 0 Å². The van der Waals surface area contributed by atoms with Crippen molar-refractivity contribution >= 4 is 17.5 Å². The molecule has 2 heterocycles. The average Bonchev–Trinajstić information content (AvgIpc) is 3.10. The van der Waals surface area contributed by atoms with Crippen LogP contribution in [-0.4, -0.2) is 41.9 Å². The Morgan fingerprint density at radius 3 is 2.48 bits per heavy atom. The van der Waals surface area contributed by atoms with E-state index in [9.17, 15) is 9.59 Å². The van der Waals surface area contributed by atoms with E-state index < -0.39 is 5.54 Å². The third kappa shape index (κ3) is 4.44. The van der Waals surface area contributed by atoms with Gasteiger partial charge in [0.25, 0.3) is 0 Å². The molecule has 5 heteroatoms. The molecule has 0 saturated carbocycles. The number of carbonyl (C=O) groups is 2. The van der Waals surface area contributed by atoms with Crippen molar-refractivity contribution in [1.29, 1.82) is 0 Å². The number of rotatable bonds is 5. The van der Waals surface area contributed by atoms with Gasteiger partial charge < -0.3 is 15.5 Å². The molecule has 152 valence electrons. The van der Waals surface area contributed by atoms with Crippen LogP contribution in [0.4, 0.5) is 5.69 Å². The van der Waals surface area contributed by atoms with Crippen LogP contribution in [0.15, 0.2) is 54.6 Å². The number of piperidine rings is 1. The van der Waals surface area contributed by atoms with E-state index in [0.29, 0.717) is 12.3 Å². The number of carbonyl (C=O) groups excluding carboxylic acids is 2. The van der Waals surface area contributed by atoms with Crippen molar-refractivity contribution in [3.63, 3.8) is 0 Å². The van der Waals surface area contributed by atoms with Gasteiger partial charge in [-0.1, -0.05) is 48.5 Å². The summed E-state index contributed by atoms with van der Waals surface area (Å²) in [4.78, 5) is 27.2. The first-order chi connectivity index (χ1) is 14.0. The zero-order valence-electron chi connectivity index (χ0n) is 17.0. The fourth-order valence-electron chi connectivity index (χ4n) is 4.45. The molecule has 29 heavy (non-hydrogen) atoms. The first-order valence-electron chi connectivity index (χ1n) is 10.5. The van der Waals surface area contributed by atoms with Gasteiger partial charge in [-0.3, -0.25) is 9.59 Å². The minimum absolute atomic E-state index is 0.00984. The van der Waals surface area contributed by atoms with Crippen LogP contribution >= 0.6 is 0 Å². The predicted molar refractivity (Wildman–Crippen MR) is 115 cm³/mol. The summed E-state index contributed by atoms with van der Waals surface area (Å²) in [6.45, 7) is 3.50. The molecular formula is C24H29N3O2. The first kappa shape index (κ1) is 19.5. The molecule has 4 rings (SSSR count). The highest BCUT2D eigenvalue weighted by Crippen LogP contribution is 2.32. The van der Waals surface area contributed by atoms with Crippen molar-refractivity contribution in [3.8, 4) is 0 Å². The van der Waals surface area contributed by atoms with Gasteiger partial charge in [0.2, 0.25) is 11.8 Å². The molecule has 2 aromatic carbocycles. The monoisotopic (exact) mass is 391 g/mol. The van der Waals surface area contributed by atoms with Crippen LogP contribution in [0.25, 0.3) is 0 Å². The minimum Gasteiger partial charge on any atom is -0.371 e. The van der Waals surface area contributed by atoms with Crippen LogP contribution in [0.1, 0.15) is 30.9 Å². The predicted octanol–water partition coefficient (Wildman–Crippen LogP) is 3.01. The summed E-state index contributed by atoms with van der Waals surface area (Å²) in [6.07, 6.45) is 3.74. The summed E-state index contributed by atoms with van der Waals surface area (Å²) in [6, 6.07) is 18.5. The number of nitrogens with one attached hydrogen (secondary N) is 2. The molecule has 1 saturated heterocycles. The average molecular weight is 392 g/mol. The topological polar surface area (TPSA) is 61.4 Å². The van der Waals surface area contributed by atoms with Gasteiger partial charge in [-0.05, 0) is 49.3 Å². The van der Waals surface area contributed by atoms with E-state index in [1.807, 2.05) is 42.2 Å². The van der Waals surface area contributed by atoms with Crippen LogP contribution in [0, 0.1) is 5.92 Å². The molecule has 0 aromatic heterocycles. The number of hydrogen-bond acceptors (Lipinski definition) is 3. The maximum atomic E-state index is 12.7. The zero-order valence-corrected chi connectivity index (χ0v) is 17.0. The second-order valence-electron chi connectivity index (χ2n) is 8.49. The summed E-state index contributed by atoms with van der Waals surface area (Å²) < 4.78 is 0. The number of hydrogen-bond donors (Lipinski definition) is 2. The van der Waals surface area contributed by atoms with Gasteiger partial charge in [-0.25, -0.2) is 0 Å². The summed E-state index contributed by atoms with van der Waals surface area (Å²) in [5.74, 6) is 0.507. The number of likely N-dealkylation sites (tertiary alicyclic amines) is 1. The molecule has 2 amide bonds. The number of benzene rings is 2. The van der Waals surface area contributed by atoms with E-state index in [-0.39, 0.29) is 18.4 Å². The highest BCUT2D eigenvalue weighted by Gasteiger charge is 2.39. The largest absolute Gasteiger partial charge is 0.371 e. The Balaban J connectivity index is 1.23. The molecule has 0 aliphatic carbocycles. The minimum atomic E-state index is -0.702. The maximum absolute atomic E-state index is 12.7. The number of anilines is 1. The Kier molecular flexibility index (Phi) is 5.56. The third-order valence-corrected chi connectivity index (χ3v) is 6.21. The SMILES string of the molecule is CC1(C(=O)NCC(=O)N2CCC(Cc3ccccc3)CC2)Cc2ccccc2N1. The number of para-hydroxylation sites is 1. The normalized spacial score (nSPS) is 21.3. The lowest BCUT2D eigenvalue weighted by atomic mass is 9.90. The van der Waals surface area contributed by atoms with E-state index in [1.165, 1.54) is 5.56 Å². The molecule has 1 atom stereocenters. The fraction of sp³-hybridized carbons (Fsp3) is 0.417. The lowest BCUT2D eigenvalue weighted by Gasteiger charge is -2.32. The highest BCUT2D eigenvalue weighted by molar-refractivity contribution is 5.94. The number of amides is 2. The molecule has 1 unspecified atom stereocenters. The van der Waals surface area contributed by atoms with Gasteiger partial charge in [0, 0.05) is 25.2 Å². The lowest BCUT2D eigenvalue weighted by molar-refractivity contribution is -0.134. The van der Waals surface area contributed by atoms with Gasteiger partial charge in [-0.2, -0.15) is 0 Å². The second kappa shape index (κ2) is 8.27. The van der Waals surface area contributed by atoms with Gasteiger partial charge in [-0.15, -0.1) is 0 Å². The molecule has 2 aromatic rings. The molecular weight excluding hydrogens is 362 g/mol. The Morgan fingerprint density at radius 1 is 1.07 bits per heavy atom.